The molecular formula is C26H26F2NO3P. The highest BCUT2D eigenvalue weighted by Crippen LogP contribution is 2.57. The van der Waals surface area contributed by atoms with E-state index in [-0.39, 0.29) is 25.0 Å². The van der Waals surface area contributed by atoms with Gasteiger partial charge in [0.15, 0.2) is 0 Å². The minimum atomic E-state index is -3.61. The van der Waals surface area contributed by atoms with E-state index >= 15 is 0 Å². The first-order valence-corrected chi connectivity index (χ1v) is 12.8. The first kappa shape index (κ1) is 22.3. The molecule has 2 aliphatic rings. The third kappa shape index (κ3) is 3.71. The standard InChI is InChI=1S/C26H26F2NO3P/c1-3-31-33(30,32-4-2)23-11-7-10-20-24-18-9-6-5-8-16(18)14-21(24)25(29-26(20)23)19-13-12-17(27)15-22(19)28/h5-13,15,21,24-25,29H,3-4,14H2,1-2H3/t21-,24-,25-/m1/s1. The number of anilines is 1. The summed E-state index contributed by atoms with van der Waals surface area (Å²) in [5.41, 5.74) is 4.41. The zero-order valence-electron chi connectivity index (χ0n) is 18.6. The Morgan fingerprint density at radius 3 is 2.39 bits per heavy atom. The third-order valence-electron chi connectivity index (χ3n) is 6.60. The summed E-state index contributed by atoms with van der Waals surface area (Å²) in [5, 5.41) is 3.92. The molecule has 3 aromatic rings. The SMILES string of the molecule is CCOP(=O)(OCC)c1cccc2c1N[C@H](c1ccc(F)cc1F)[C@@H]1Cc3ccccc3[C@H]21. The molecule has 0 bridgehead atoms. The van der Waals surface area contributed by atoms with Gasteiger partial charge in [0.1, 0.15) is 11.6 Å². The van der Waals surface area contributed by atoms with Crippen molar-refractivity contribution in [1.82, 2.24) is 0 Å². The molecule has 0 saturated heterocycles. The first-order valence-electron chi connectivity index (χ1n) is 11.3. The summed E-state index contributed by atoms with van der Waals surface area (Å²) < 4.78 is 53.8. The van der Waals surface area contributed by atoms with Gasteiger partial charge in [-0.05, 0) is 55.0 Å². The van der Waals surface area contributed by atoms with Crippen molar-refractivity contribution in [2.45, 2.75) is 32.2 Å². The molecule has 0 saturated carbocycles. The Labute approximate surface area is 192 Å². The minimum absolute atomic E-state index is 0.0173. The molecular weight excluding hydrogens is 443 g/mol. The Kier molecular flexibility index (Phi) is 5.86. The zero-order valence-corrected chi connectivity index (χ0v) is 19.4. The molecule has 172 valence electrons. The minimum Gasteiger partial charge on any atom is -0.377 e. The quantitative estimate of drug-likeness (QED) is 0.429. The summed E-state index contributed by atoms with van der Waals surface area (Å²) in [7, 11) is -3.61. The Balaban J connectivity index is 1.72. The monoisotopic (exact) mass is 469 g/mol. The Morgan fingerprint density at radius 2 is 1.67 bits per heavy atom. The molecule has 4 nitrogen and oxygen atoms in total. The number of fused-ring (bicyclic) bond motifs is 5. The molecule has 1 heterocycles. The predicted molar refractivity (Wildman–Crippen MR) is 125 cm³/mol. The van der Waals surface area contributed by atoms with Crippen LogP contribution in [0, 0.1) is 17.6 Å². The smallest absolute Gasteiger partial charge is 0.363 e. The molecule has 5 rings (SSSR count). The van der Waals surface area contributed by atoms with E-state index in [1.54, 1.807) is 19.9 Å². The molecule has 3 aromatic carbocycles. The van der Waals surface area contributed by atoms with Crippen LogP contribution in [0.5, 0.6) is 0 Å². The molecule has 1 aliphatic carbocycles. The van der Waals surface area contributed by atoms with Crippen LogP contribution in [-0.4, -0.2) is 13.2 Å². The highest BCUT2D eigenvalue weighted by molar-refractivity contribution is 7.62. The van der Waals surface area contributed by atoms with E-state index in [2.05, 4.69) is 17.4 Å². The number of rotatable bonds is 6. The first-order chi connectivity index (χ1) is 16.0. The van der Waals surface area contributed by atoms with Gasteiger partial charge in [0.2, 0.25) is 0 Å². The zero-order chi connectivity index (χ0) is 23.2. The van der Waals surface area contributed by atoms with E-state index in [4.69, 9.17) is 9.05 Å². The van der Waals surface area contributed by atoms with Crippen LogP contribution in [0.2, 0.25) is 0 Å². The van der Waals surface area contributed by atoms with Crippen LogP contribution in [0.25, 0.3) is 0 Å². The van der Waals surface area contributed by atoms with Crippen LogP contribution >= 0.6 is 7.60 Å². The fourth-order valence-corrected chi connectivity index (χ4v) is 7.15. The van der Waals surface area contributed by atoms with Gasteiger partial charge in [-0.25, -0.2) is 8.78 Å². The van der Waals surface area contributed by atoms with E-state index in [9.17, 15) is 13.3 Å². The van der Waals surface area contributed by atoms with Crippen LogP contribution in [0.1, 0.15) is 48.1 Å². The molecule has 0 spiro atoms. The molecule has 1 N–H and O–H groups in total. The van der Waals surface area contributed by atoms with Gasteiger partial charge in [0.05, 0.1) is 30.2 Å². The number of benzene rings is 3. The number of hydrogen-bond acceptors (Lipinski definition) is 4. The Bertz CT molecular complexity index is 1240. The summed E-state index contributed by atoms with van der Waals surface area (Å²) in [6.07, 6.45) is 0.758. The lowest BCUT2D eigenvalue weighted by atomic mass is 9.75. The number of para-hydroxylation sites is 1. The molecule has 0 unspecified atom stereocenters. The Hall–Kier alpha value is -2.53. The van der Waals surface area contributed by atoms with E-state index in [0.29, 0.717) is 16.6 Å². The molecule has 7 heteroatoms. The molecule has 0 radical (unpaired) electrons. The van der Waals surface area contributed by atoms with Crippen molar-refractivity contribution in [3.05, 3.63) is 94.6 Å². The van der Waals surface area contributed by atoms with Crippen molar-refractivity contribution >= 4 is 18.6 Å². The van der Waals surface area contributed by atoms with Gasteiger partial charge in [-0.3, -0.25) is 4.57 Å². The summed E-state index contributed by atoms with van der Waals surface area (Å²) in [6.45, 7) is 4.00. The van der Waals surface area contributed by atoms with Gasteiger partial charge < -0.3 is 14.4 Å². The maximum absolute atomic E-state index is 15.0. The summed E-state index contributed by atoms with van der Waals surface area (Å²) in [5.74, 6) is -1.22. The second kappa shape index (κ2) is 8.68. The molecule has 33 heavy (non-hydrogen) atoms. The second-order valence-electron chi connectivity index (χ2n) is 8.41. The molecule has 0 fully saturated rings. The molecule has 0 amide bonds. The largest absolute Gasteiger partial charge is 0.377 e. The summed E-state index contributed by atoms with van der Waals surface area (Å²) in [4.78, 5) is 0. The summed E-state index contributed by atoms with van der Waals surface area (Å²) >= 11 is 0. The lowest BCUT2D eigenvalue weighted by Gasteiger charge is -2.39. The van der Waals surface area contributed by atoms with E-state index in [1.807, 2.05) is 24.3 Å². The highest BCUT2D eigenvalue weighted by atomic mass is 31.2. The van der Waals surface area contributed by atoms with E-state index in [1.165, 1.54) is 23.3 Å². The van der Waals surface area contributed by atoms with Crippen LogP contribution in [0.4, 0.5) is 14.5 Å². The molecule has 1 aliphatic heterocycles. The lowest BCUT2D eigenvalue weighted by Crippen LogP contribution is -2.34. The normalized spacial score (nSPS) is 21.2. The van der Waals surface area contributed by atoms with Crippen molar-refractivity contribution in [1.29, 1.82) is 0 Å². The average Bonchev–Trinajstić information content (AvgIpc) is 3.19. The van der Waals surface area contributed by atoms with Gasteiger partial charge in [-0.2, -0.15) is 0 Å². The lowest BCUT2D eigenvalue weighted by molar-refractivity contribution is 0.230. The van der Waals surface area contributed by atoms with Crippen LogP contribution < -0.4 is 10.6 Å². The van der Waals surface area contributed by atoms with Crippen molar-refractivity contribution in [2.24, 2.45) is 5.92 Å². The van der Waals surface area contributed by atoms with Gasteiger partial charge in [-0.1, -0.05) is 42.5 Å². The fraction of sp³-hybridized carbons (Fsp3) is 0.308. The van der Waals surface area contributed by atoms with Crippen LogP contribution in [-0.2, 0) is 20.0 Å². The maximum atomic E-state index is 15.0. The Morgan fingerprint density at radius 1 is 0.939 bits per heavy atom. The van der Waals surface area contributed by atoms with Crippen LogP contribution in [0.15, 0.2) is 60.7 Å². The van der Waals surface area contributed by atoms with Crippen molar-refractivity contribution in [3.8, 4) is 0 Å². The second-order valence-corrected chi connectivity index (χ2v) is 10.4. The maximum Gasteiger partial charge on any atom is 0.363 e. The highest BCUT2D eigenvalue weighted by Gasteiger charge is 2.46. The third-order valence-corrected chi connectivity index (χ3v) is 8.76. The number of nitrogens with one attached hydrogen (secondary N) is 1. The van der Waals surface area contributed by atoms with Gasteiger partial charge >= 0.3 is 7.60 Å². The van der Waals surface area contributed by atoms with E-state index in [0.717, 1.165) is 18.1 Å². The van der Waals surface area contributed by atoms with Crippen molar-refractivity contribution in [2.75, 3.05) is 18.5 Å². The number of halogens is 2. The van der Waals surface area contributed by atoms with Gasteiger partial charge in [0, 0.05) is 17.5 Å². The topological polar surface area (TPSA) is 47.6 Å². The van der Waals surface area contributed by atoms with Gasteiger partial charge in [-0.15, -0.1) is 0 Å². The number of hydrogen-bond donors (Lipinski definition) is 1. The molecule has 3 atom stereocenters. The molecule has 0 aromatic heterocycles. The van der Waals surface area contributed by atoms with Gasteiger partial charge in [0.25, 0.3) is 0 Å². The van der Waals surface area contributed by atoms with Crippen molar-refractivity contribution in [3.63, 3.8) is 0 Å². The van der Waals surface area contributed by atoms with E-state index < -0.39 is 25.3 Å². The fourth-order valence-electron chi connectivity index (χ4n) is 5.38. The van der Waals surface area contributed by atoms with Crippen molar-refractivity contribution < 1.29 is 22.4 Å². The summed E-state index contributed by atoms with van der Waals surface area (Å²) in [6, 6.07) is 17.1. The van der Waals surface area contributed by atoms with Crippen LogP contribution in [0.3, 0.4) is 0 Å². The average molecular weight is 469 g/mol. The predicted octanol–water partition coefficient (Wildman–Crippen LogP) is 6.33.